The lowest BCUT2D eigenvalue weighted by molar-refractivity contribution is -0.148. The second kappa shape index (κ2) is 6.30. The molecule has 1 aromatic rings. The molecule has 1 aromatic heterocycles. The first kappa shape index (κ1) is 13.5. The molecule has 1 aliphatic rings. The van der Waals surface area contributed by atoms with Gasteiger partial charge in [-0.1, -0.05) is 6.42 Å². The van der Waals surface area contributed by atoms with Crippen LogP contribution in [0.5, 0.6) is 0 Å². The molecular weight excluding hydrogens is 242 g/mol. The van der Waals surface area contributed by atoms with E-state index in [1.54, 1.807) is 12.3 Å². The Morgan fingerprint density at radius 2 is 2.47 bits per heavy atom. The molecule has 2 rings (SSSR count). The van der Waals surface area contributed by atoms with Crippen molar-refractivity contribution < 1.29 is 9.53 Å². The fraction of sp³-hybridized carbons (Fsp3) is 0.500. The van der Waals surface area contributed by atoms with Gasteiger partial charge in [-0.2, -0.15) is 5.26 Å². The highest BCUT2D eigenvalue weighted by molar-refractivity contribution is 5.75. The number of hydrogen-bond donors (Lipinski definition) is 0. The molecule has 5 heteroatoms. The Balaban J connectivity index is 2.10. The minimum atomic E-state index is -0.172. The topological polar surface area (TPSA) is 66.2 Å². The molecule has 0 amide bonds. The number of nitrogens with zero attached hydrogens (tertiary/aromatic N) is 3. The summed E-state index contributed by atoms with van der Waals surface area (Å²) in [5, 5.41) is 8.85. The van der Waals surface area contributed by atoms with Gasteiger partial charge in [0.15, 0.2) is 0 Å². The standard InChI is InChI=1S/C14H17N3O2/c1-19-14(18)13-4-2-3-7-17(13)10-11-5-6-16-12(8-11)9-15/h5-6,8,13H,2-4,7,10H2,1H3. The number of rotatable bonds is 3. The van der Waals surface area contributed by atoms with E-state index in [2.05, 4.69) is 9.88 Å². The van der Waals surface area contributed by atoms with Crippen LogP contribution in [0.15, 0.2) is 18.3 Å². The average molecular weight is 259 g/mol. The summed E-state index contributed by atoms with van der Waals surface area (Å²) in [7, 11) is 1.43. The molecule has 0 aromatic carbocycles. The van der Waals surface area contributed by atoms with Crippen molar-refractivity contribution in [3.05, 3.63) is 29.6 Å². The van der Waals surface area contributed by atoms with Gasteiger partial charge in [0.1, 0.15) is 17.8 Å². The van der Waals surface area contributed by atoms with Crippen LogP contribution in [-0.2, 0) is 16.1 Å². The fourth-order valence-corrected chi connectivity index (χ4v) is 2.45. The maximum absolute atomic E-state index is 11.8. The maximum atomic E-state index is 11.8. The van der Waals surface area contributed by atoms with Gasteiger partial charge in [0.25, 0.3) is 0 Å². The normalized spacial score (nSPS) is 19.7. The molecule has 2 heterocycles. The minimum Gasteiger partial charge on any atom is -0.468 e. The number of carbonyl (C=O) groups is 1. The minimum absolute atomic E-state index is 0.169. The van der Waals surface area contributed by atoms with Crippen molar-refractivity contribution in [3.8, 4) is 6.07 Å². The third kappa shape index (κ3) is 3.30. The lowest BCUT2D eigenvalue weighted by Gasteiger charge is -2.33. The summed E-state index contributed by atoms with van der Waals surface area (Å²) in [4.78, 5) is 17.8. The summed E-state index contributed by atoms with van der Waals surface area (Å²) in [6, 6.07) is 5.51. The Morgan fingerprint density at radius 1 is 1.63 bits per heavy atom. The first-order valence-electron chi connectivity index (χ1n) is 6.41. The number of methoxy groups -OCH3 is 1. The number of likely N-dealkylation sites (tertiary alicyclic amines) is 1. The van der Waals surface area contributed by atoms with Gasteiger partial charge in [-0.3, -0.25) is 9.69 Å². The Kier molecular flexibility index (Phi) is 4.48. The van der Waals surface area contributed by atoms with E-state index in [1.165, 1.54) is 7.11 Å². The molecule has 0 spiro atoms. The Labute approximate surface area is 112 Å². The molecule has 1 fully saturated rings. The third-order valence-corrected chi connectivity index (χ3v) is 3.41. The zero-order valence-electron chi connectivity index (χ0n) is 11.0. The molecule has 100 valence electrons. The van der Waals surface area contributed by atoms with E-state index in [9.17, 15) is 4.79 Å². The fourth-order valence-electron chi connectivity index (χ4n) is 2.45. The molecule has 0 N–H and O–H groups in total. The molecule has 19 heavy (non-hydrogen) atoms. The van der Waals surface area contributed by atoms with Crippen LogP contribution in [0.2, 0.25) is 0 Å². The highest BCUT2D eigenvalue weighted by Crippen LogP contribution is 2.20. The molecule has 1 atom stereocenters. The van der Waals surface area contributed by atoms with Crippen molar-refractivity contribution in [2.75, 3.05) is 13.7 Å². The van der Waals surface area contributed by atoms with Crippen molar-refractivity contribution in [2.24, 2.45) is 0 Å². The molecule has 5 nitrogen and oxygen atoms in total. The number of carbonyl (C=O) groups excluding carboxylic acids is 1. The van der Waals surface area contributed by atoms with Crippen LogP contribution in [0.1, 0.15) is 30.5 Å². The second-order valence-electron chi connectivity index (χ2n) is 4.67. The molecule has 0 saturated carbocycles. The van der Waals surface area contributed by atoms with Crippen LogP contribution in [0, 0.1) is 11.3 Å². The molecule has 0 radical (unpaired) electrons. The number of esters is 1. The first-order valence-corrected chi connectivity index (χ1v) is 6.41. The van der Waals surface area contributed by atoms with Gasteiger partial charge in [0, 0.05) is 12.7 Å². The molecular formula is C14H17N3O2. The largest absolute Gasteiger partial charge is 0.468 e. The summed E-state index contributed by atoms with van der Waals surface area (Å²) in [5.41, 5.74) is 1.41. The molecule has 0 aliphatic carbocycles. The van der Waals surface area contributed by atoms with Crippen LogP contribution < -0.4 is 0 Å². The van der Waals surface area contributed by atoms with E-state index in [-0.39, 0.29) is 12.0 Å². The highest BCUT2D eigenvalue weighted by atomic mass is 16.5. The van der Waals surface area contributed by atoms with Crippen LogP contribution in [0.25, 0.3) is 0 Å². The lowest BCUT2D eigenvalue weighted by atomic mass is 10.0. The second-order valence-corrected chi connectivity index (χ2v) is 4.67. The van der Waals surface area contributed by atoms with Crippen molar-refractivity contribution in [1.29, 1.82) is 5.26 Å². The van der Waals surface area contributed by atoms with Crippen LogP contribution >= 0.6 is 0 Å². The van der Waals surface area contributed by atoms with Crippen LogP contribution in [0.3, 0.4) is 0 Å². The van der Waals surface area contributed by atoms with E-state index >= 15 is 0 Å². The summed E-state index contributed by atoms with van der Waals surface area (Å²) in [6.45, 7) is 1.53. The van der Waals surface area contributed by atoms with Crippen molar-refractivity contribution >= 4 is 5.97 Å². The maximum Gasteiger partial charge on any atom is 0.323 e. The number of hydrogen-bond acceptors (Lipinski definition) is 5. The Morgan fingerprint density at radius 3 is 3.21 bits per heavy atom. The summed E-state index contributed by atoms with van der Waals surface area (Å²) < 4.78 is 4.86. The van der Waals surface area contributed by atoms with Crippen molar-refractivity contribution in [1.82, 2.24) is 9.88 Å². The lowest BCUT2D eigenvalue weighted by Crippen LogP contribution is -2.44. The van der Waals surface area contributed by atoms with E-state index in [4.69, 9.17) is 10.00 Å². The van der Waals surface area contributed by atoms with Crippen molar-refractivity contribution in [3.63, 3.8) is 0 Å². The summed E-state index contributed by atoms with van der Waals surface area (Å²) in [6.07, 6.45) is 4.60. The summed E-state index contributed by atoms with van der Waals surface area (Å²) in [5.74, 6) is -0.172. The van der Waals surface area contributed by atoms with Gasteiger partial charge in [-0.15, -0.1) is 0 Å². The predicted molar refractivity (Wildman–Crippen MR) is 69.0 cm³/mol. The molecule has 1 unspecified atom stereocenters. The van der Waals surface area contributed by atoms with Gasteiger partial charge in [-0.25, -0.2) is 4.98 Å². The average Bonchev–Trinajstić information content (AvgIpc) is 2.47. The molecule has 1 aliphatic heterocycles. The highest BCUT2D eigenvalue weighted by Gasteiger charge is 2.29. The SMILES string of the molecule is COC(=O)C1CCCCN1Cc1ccnc(C#N)c1. The molecule has 1 saturated heterocycles. The van der Waals surface area contributed by atoms with E-state index in [0.717, 1.165) is 31.4 Å². The van der Waals surface area contributed by atoms with Gasteiger partial charge in [0.05, 0.1) is 7.11 Å². The van der Waals surface area contributed by atoms with Gasteiger partial charge < -0.3 is 4.74 Å². The Bertz CT molecular complexity index is 496. The predicted octanol–water partition coefficient (Wildman–Crippen LogP) is 1.48. The first-order chi connectivity index (χ1) is 9.24. The van der Waals surface area contributed by atoms with Crippen LogP contribution in [-0.4, -0.2) is 35.5 Å². The Hall–Kier alpha value is -1.93. The monoisotopic (exact) mass is 259 g/mol. The van der Waals surface area contributed by atoms with Crippen LogP contribution in [0.4, 0.5) is 0 Å². The van der Waals surface area contributed by atoms with Gasteiger partial charge >= 0.3 is 5.97 Å². The number of nitriles is 1. The van der Waals surface area contributed by atoms with E-state index in [0.29, 0.717) is 12.2 Å². The number of piperidine rings is 1. The van der Waals surface area contributed by atoms with Gasteiger partial charge in [-0.05, 0) is 37.1 Å². The molecule has 0 bridgehead atoms. The number of ether oxygens (including phenoxy) is 1. The van der Waals surface area contributed by atoms with Gasteiger partial charge in [0.2, 0.25) is 0 Å². The number of pyridine rings is 1. The zero-order valence-corrected chi connectivity index (χ0v) is 11.0. The smallest absolute Gasteiger partial charge is 0.323 e. The third-order valence-electron chi connectivity index (χ3n) is 3.41. The van der Waals surface area contributed by atoms with Crippen molar-refractivity contribution in [2.45, 2.75) is 31.8 Å². The summed E-state index contributed by atoms with van der Waals surface area (Å²) >= 11 is 0. The van der Waals surface area contributed by atoms with E-state index < -0.39 is 0 Å². The quantitative estimate of drug-likeness (QED) is 0.769. The van der Waals surface area contributed by atoms with E-state index in [1.807, 2.05) is 12.1 Å². The number of aromatic nitrogens is 1. The zero-order chi connectivity index (χ0) is 13.7.